The second-order valence-corrected chi connectivity index (χ2v) is 4.34. The van der Waals surface area contributed by atoms with Crippen molar-refractivity contribution in [3.63, 3.8) is 0 Å². The molecule has 1 aromatic heterocycles. The molecule has 2 rings (SSSR count). The van der Waals surface area contributed by atoms with E-state index in [0.717, 1.165) is 30.7 Å². The molecule has 1 saturated heterocycles. The maximum atomic E-state index is 12.1. The molecule has 0 aliphatic carbocycles. The van der Waals surface area contributed by atoms with E-state index in [1.165, 1.54) is 0 Å². The van der Waals surface area contributed by atoms with Crippen molar-refractivity contribution in [2.45, 2.75) is 39.7 Å². The Bertz CT molecular complexity index is 361. The number of hydrogen-bond acceptors (Lipinski definition) is 2. The van der Waals surface area contributed by atoms with Crippen LogP contribution in [-0.2, 0) is 0 Å². The van der Waals surface area contributed by atoms with E-state index < -0.39 is 0 Å². The fourth-order valence-corrected chi connectivity index (χ4v) is 2.06. The zero-order chi connectivity index (χ0) is 11.0. The summed E-state index contributed by atoms with van der Waals surface area (Å²) in [5.74, 6) is 1.36. The zero-order valence-corrected chi connectivity index (χ0v) is 9.54. The lowest BCUT2D eigenvalue weighted by atomic mass is 10.2. The monoisotopic (exact) mass is 207 g/mol. The van der Waals surface area contributed by atoms with Gasteiger partial charge in [-0.3, -0.25) is 4.79 Å². The van der Waals surface area contributed by atoms with E-state index in [0.29, 0.717) is 11.8 Å². The van der Waals surface area contributed by atoms with Crippen LogP contribution in [0.2, 0.25) is 0 Å². The van der Waals surface area contributed by atoms with Gasteiger partial charge in [-0.2, -0.15) is 0 Å². The predicted octanol–water partition coefficient (Wildman–Crippen LogP) is 2.52. The van der Waals surface area contributed by atoms with Crippen LogP contribution in [0.25, 0.3) is 0 Å². The van der Waals surface area contributed by atoms with Crippen LogP contribution in [0.1, 0.15) is 41.6 Å². The van der Waals surface area contributed by atoms with Crippen LogP contribution < -0.4 is 0 Å². The molecule has 0 aromatic carbocycles. The summed E-state index contributed by atoms with van der Waals surface area (Å²) in [6.07, 6.45) is 2.20. The van der Waals surface area contributed by atoms with Gasteiger partial charge in [-0.15, -0.1) is 0 Å². The number of likely N-dealkylation sites (tertiary alicyclic amines) is 1. The number of carbonyl (C=O) groups excluding carboxylic acids is 1. The maximum absolute atomic E-state index is 12.1. The lowest BCUT2D eigenvalue weighted by molar-refractivity contribution is 0.0714. The van der Waals surface area contributed by atoms with Crippen LogP contribution in [0, 0.1) is 13.8 Å². The Labute approximate surface area is 90.1 Å². The molecule has 0 spiro atoms. The van der Waals surface area contributed by atoms with Crippen molar-refractivity contribution in [3.8, 4) is 0 Å². The Hall–Kier alpha value is -1.25. The molecule has 1 atom stereocenters. The van der Waals surface area contributed by atoms with Gasteiger partial charge in [-0.05, 0) is 45.2 Å². The molecule has 15 heavy (non-hydrogen) atoms. The van der Waals surface area contributed by atoms with E-state index in [9.17, 15) is 4.79 Å². The van der Waals surface area contributed by atoms with Crippen LogP contribution in [0.4, 0.5) is 0 Å². The van der Waals surface area contributed by atoms with E-state index in [2.05, 4.69) is 6.92 Å². The molecule has 1 unspecified atom stereocenters. The lowest BCUT2D eigenvalue weighted by Crippen LogP contribution is -2.33. The van der Waals surface area contributed by atoms with Crippen LogP contribution in [0.5, 0.6) is 0 Å². The third-order valence-electron chi connectivity index (χ3n) is 3.19. The Balaban J connectivity index is 2.20. The average Bonchev–Trinajstić information content (AvgIpc) is 2.74. The smallest absolute Gasteiger partial charge is 0.289 e. The second-order valence-electron chi connectivity index (χ2n) is 4.34. The maximum Gasteiger partial charge on any atom is 0.289 e. The number of carbonyl (C=O) groups is 1. The molecular formula is C12H17NO2. The highest BCUT2D eigenvalue weighted by atomic mass is 16.4. The largest absolute Gasteiger partial charge is 0.456 e. The molecule has 1 amide bonds. The van der Waals surface area contributed by atoms with Crippen molar-refractivity contribution in [1.29, 1.82) is 0 Å². The fraction of sp³-hybridized carbons (Fsp3) is 0.583. The average molecular weight is 207 g/mol. The molecule has 3 heteroatoms. The number of rotatable bonds is 1. The quantitative estimate of drug-likeness (QED) is 0.709. The number of hydrogen-bond donors (Lipinski definition) is 0. The lowest BCUT2D eigenvalue weighted by Gasteiger charge is -2.19. The van der Waals surface area contributed by atoms with Gasteiger partial charge in [0, 0.05) is 12.6 Å². The van der Waals surface area contributed by atoms with E-state index in [1.54, 1.807) is 0 Å². The Kier molecular flexibility index (Phi) is 2.55. The predicted molar refractivity (Wildman–Crippen MR) is 57.9 cm³/mol. The van der Waals surface area contributed by atoms with Crippen molar-refractivity contribution in [2.75, 3.05) is 6.54 Å². The first kappa shape index (κ1) is 10.3. The van der Waals surface area contributed by atoms with Crippen LogP contribution in [0.15, 0.2) is 10.5 Å². The van der Waals surface area contributed by atoms with Gasteiger partial charge in [0.15, 0.2) is 5.76 Å². The van der Waals surface area contributed by atoms with Gasteiger partial charge in [0.05, 0.1) is 0 Å². The van der Waals surface area contributed by atoms with Crippen LogP contribution >= 0.6 is 0 Å². The summed E-state index contributed by atoms with van der Waals surface area (Å²) < 4.78 is 5.45. The first-order valence-electron chi connectivity index (χ1n) is 5.47. The van der Waals surface area contributed by atoms with Crippen molar-refractivity contribution in [3.05, 3.63) is 23.2 Å². The van der Waals surface area contributed by atoms with Crippen molar-refractivity contribution >= 4 is 5.91 Å². The first-order chi connectivity index (χ1) is 7.09. The standard InChI is InChI=1S/C12H17NO2/c1-8-7-11(15-10(8)3)12(14)13-6-4-5-9(13)2/h7,9H,4-6H2,1-3H3. The summed E-state index contributed by atoms with van der Waals surface area (Å²) in [6.45, 7) is 6.80. The number of amides is 1. The first-order valence-corrected chi connectivity index (χ1v) is 5.47. The van der Waals surface area contributed by atoms with Gasteiger partial charge in [-0.25, -0.2) is 0 Å². The molecule has 2 heterocycles. The topological polar surface area (TPSA) is 33.5 Å². The number of nitrogens with zero attached hydrogens (tertiary/aromatic N) is 1. The minimum atomic E-state index is 0.0381. The molecule has 82 valence electrons. The SMILES string of the molecule is Cc1cc(C(=O)N2CCCC2C)oc1C. The summed E-state index contributed by atoms with van der Waals surface area (Å²) in [5.41, 5.74) is 1.05. The minimum Gasteiger partial charge on any atom is -0.456 e. The number of furan rings is 1. The van der Waals surface area contributed by atoms with E-state index in [1.807, 2.05) is 24.8 Å². The fourth-order valence-electron chi connectivity index (χ4n) is 2.06. The van der Waals surface area contributed by atoms with E-state index >= 15 is 0 Å². The Morgan fingerprint density at radius 3 is 2.73 bits per heavy atom. The molecule has 1 fully saturated rings. The zero-order valence-electron chi connectivity index (χ0n) is 9.54. The van der Waals surface area contributed by atoms with Gasteiger partial charge in [0.25, 0.3) is 5.91 Å². The van der Waals surface area contributed by atoms with Gasteiger partial charge in [0.1, 0.15) is 5.76 Å². The van der Waals surface area contributed by atoms with Gasteiger partial charge >= 0.3 is 0 Å². The molecule has 0 bridgehead atoms. The Morgan fingerprint density at radius 1 is 1.53 bits per heavy atom. The van der Waals surface area contributed by atoms with Crippen molar-refractivity contribution in [2.24, 2.45) is 0 Å². The van der Waals surface area contributed by atoms with E-state index in [4.69, 9.17) is 4.42 Å². The molecule has 1 aromatic rings. The summed E-state index contributed by atoms with van der Waals surface area (Å²) in [6, 6.07) is 2.19. The van der Waals surface area contributed by atoms with Crippen molar-refractivity contribution < 1.29 is 9.21 Å². The molecule has 1 aliphatic heterocycles. The van der Waals surface area contributed by atoms with Gasteiger partial charge < -0.3 is 9.32 Å². The second kappa shape index (κ2) is 3.72. The molecule has 1 aliphatic rings. The molecule has 0 radical (unpaired) electrons. The summed E-state index contributed by atoms with van der Waals surface area (Å²) in [5, 5.41) is 0. The number of aryl methyl sites for hydroxylation is 2. The van der Waals surface area contributed by atoms with Crippen LogP contribution in [0.3, 0.4) is 0 Å². The normalized spacial score (nSPS) is 21.0. The van der Waals surface area contributed by atoms with Gasteiger partial charge in [-0.1, -0.05) is 0 Å². The minimum absolute atomic E-state index is 0.0381. The summed E-state index contributed by atoms with van der Waals surface area (Å²) in [4.78, 5) is 14.0. The summed E-state index contributed by atoms with van der Waals surface area (Å²) >= 11 is 0. The summed E-state index contributed by atoms with van der Waals surface area (Å²) in [7, 11) is 0. The van der Waals surface area contributed by atoms with Crippen molar-refractivity contribution in [1.82, 2.24) is 4.90 Å². The van der Waals surface area contributed by atoms with E-state index in [-0.39, 0.29) is 5.91 Å². The molecule has 0 saturated carbocycles. The Morgan fingerprint density at radius 2 is 2.27 bits per heavy atom. The highest BCUT2D eigenvalue weighted by Gasteiger charge is 2.28. The van der Waals surface area contributed by atoms with Crippen LogP contribution in [-0.4, -0.2) is 23.4 Å². The molecule has 0 N–H and O–H groups in total. The highest BCUT2D eigenvalue weighted by Crippen LogP contribution is 2.21. The third-order valence-corrected chi connectivity index (χ3v) is 3.19. The third kappa shape index (κ3) is 1.78. The van der Waals surface area contributed by atoms with Gasteiger partial charge in [0.2, 0.25) is 0 Å². The molecule has 3 nitrogen and oxygen atoms in total. The molecular weight excluding hydrogens is 190 g/mol. The highest BCUT2D eigenvalue weighted by molar-refractivity contribution is 5.92.